The van der Waals surface area contributed by atoms with E-state index in [1.54, 1.807) is 17.0 Å². The molecule has 0 bridgehead atoms. The molecule has 0 aromatic heterocycles. The van der Waals surface area contributed by atoms with Crippen molar-refractivity contribution in [2.45, 2.75) is 24.6 Å². The summed E-state index contributed by atoms with van der Waals surface area (Å²) in [6.07, 6.45) is -3.92. The first-order valence-corrected chi connectivity index (χ1v) is 13.0. The monoisotopic (exact) mass is 570 g/mol. The highest BCUT2D eigenvalue weighted by Crippen LogP contribution is 2.33. The summed E-state index contributed by atoms with van der Waals surface area (Å²) < 4.78 is 31.7. The number of hydrogen-bond donors (Lipinski definition) is 3. The summed E-state index contributed by atoms with van der Waals surface area (Å²) in [5, 5.41) is 15.2. The smallest absolute Gasteiger partial charge is 0.475 e. The zero-order chi connectivity index (χ0) is 29.6. The number of fused-ring (bicyclic) bond motifs is 1. The lowest BCUT2D eigenvalue weighted by Crippen LogP contribution is -2.58. The maximum atomic E-state index is 13.1. The Morgan fingerprint density at radius 2 is 1.51 bits per heavy atom. The minimum absolute atomic E-state index is 0.0685. The van der Waals surface area contributed by atoms with Crippen molar-refractivity contribution >= 4 is 34.5 Å². The summed E-state index contributed by atoms with van der Waals surface area (Å²) in [4.78, 5) is 51.3. The highest BCUT2D eigenvalue weighted by atomic mass is 19.4. The zero-order valence-electron chi connectivity index (χ0n) is 22.0. The standard InChI is InChI=1S/C27H28N4O3.C2HF3O2/c32-24(23-11-10-20-6-4-5-9-22(20)18-23)28-14-17-30-15-12-27(13-16-30)26(34)29-19-31(27)25(33)21-7-2-1-3-8-21;3-2(4,5)1(6)7/h1-11,18H,12-17,19H2,(H,28,32)(H,29,34);(H,6,7). The SMILES string of the molecule is O=C(NCCN1CCC2(CC1)C(=O)NCN2C(=O)c1ccccc1)c1ccc2ccccc2c1.O=C(O)C(F)(F)F. The van der Waals surface area contributed by atoms with Crippen molar-refractivity contribution in [3.05, 3.63) is 83.9 Å². The Kier molecular flexibility index (Phi) is 8.92. The zero-order valence-corrected chi connectivity index (χ0v) is 22.0. The maximum Gasteiger partial charge on any atom is 0.490 e. The molecule has 41 heavy (non-hydrogen) atoms. The molecule has 12 heteroatoms. The summed E-state index contributed by atoms with van der Waals surface area (Å²) in [5.41, 5.74) is 0.448. The van der Waals surface area contributed by atoms with Crippen LogP contribution < -0.4 is 10.6 Å². The molecule has 0 unspecified atom stereocenters. The lowest BCUT2D eigenvalue weighted by Gasteiger charge is -2.42. The quantitative estimate of drug-likeness (QED) is 0.434. The van der Waals surface area contributed by atoms with E-state index in [4.69, 9.17) is 9.90 Å². The minimum Gasteiger partial charge on any atom is -0.475 e. The van der Waals surface area contributed by atoms with Gasteiger partial charge in [-0.15, -0.1) is 0 Å². The second kappa shape index (κ2) is 12.4. The van der Waals surface area contributed by atoms with E-state index in [2.05, 4.69) is 15.5 Å². The molecule has 0 aliphatic carbocycles. The molecule has 2 heterocycles. The molecule has 0 radical (unpaired) electrons. The molecule has 2 aliphatic heterocycles. The van der Waals surface area contributed by atoms with E-state index in [1.807, 2.05) is 60.7 Å². The third-order valence-electron chi connectivity index (χ3n) is 7.25. The van der Waals surface area contributed by atoms with Gasteiger partial charge in [-0.25, -0.2) is 4.79 Å². The fourth-order valence-electron chi connectivity index (χ4n) is 5.00. The van der Waals surface area contributed by atoms with Crippen LogP contribution in [0, 0.1) is 0 Å². The predicted octanol–water partition coefficient (Wildman–Crippen LogP) is 3.27. The fraction of sp³-hybridized carbons (Fsp3) is 0.310. The Bertz CT molecular complexity index is 1420. The molecule has 2 aliphatic rings. The summed E-state index contributed by atoms with van der Waals surface area (Å²) >= 11 is 0. The second-order valence-electron chi connectivity index (χ2n) is 9.76. The third-order valence-corrected chi connectivity index (χ3v) is 7.25. The van der Waals surface area contributed by atoms with Gasteiger partial charge in [0.1, 0.15) is 5.54 Å². The van der Waals surface area contributed by atoms with Crippen LogP contribution in [0.15, 0.2) is 72.8 Å². The summed E-state index contributed by atoms with van der Waals surface area (Å²) in [5.74, 6) is -3.03. The number of halogens is 3. The molecule has 5 rings (SSSR count). The van der Waals surface area contributed by atoms with Crippen LogP contribution in [0.25, 0.3) is 10.8 Å². The van der Waals surface area contributed by atoms with Crippen LogP contribution in [0.4, 0.5) is 13.2 Å². The third kappa shape index (κ3) is 6.83. The number of nitrogens with one attached hydrogen (secondary N) is 2. The summed E-state index contributed by atoms with van der Waals surface area (Å²) in [6, 6.07) is 22.8. The van der Waals surface area contributed by atoms with Crippen molar-refractivity contribution in [3.63, 3.8) is 0 Å². The molecule has 3 amide bonds. The largest absolute Gasteiger partial charge is 0.490 e. The van der Waals surface area contributed by atoms with Crippen molar-refractivity contribution in [2.24, 2.45) is 0 Å². The van der Waals surface area contributed by atoms with E-state index in [9.17, 15) is 27.6 Å². The van der Waals surface area contributed by atoms with Crippen molar-refractivity contribution in [3.8, 4) is 0 Å². The number of carboxylic acid groups (broad SMARTS) is 1. The Labute approximate surface area is 233 Å². The number of rotatable bonds is 5. The molecule has 3 aromatic rings. The number of carboxylic acids is 1. The van der Waals surface area contributed by atoms with Gasteiger partial charge in [0.05, 0.1) is 6.67 Å². The first-order chi connectivity index (χ1) is 19.5. The van der Waals surface area contributed by atoms with E-state index in [0.29, 0.717) is 50.1 Å². The number of alkyl halides is 3. The van der Waals surface area contributed by atoms with Crippen LogP contribution >= 0.6 is 0 Å². The van der Waals surface area contributed by atoms with E-state index in [-0.39, 0.29) is 24.4 Å². The number of likely N-dealkylation sites (tertiary alicyclic amines) is 1. The molecule has 2 saturated heterocycles. The lowest BCUT2D eigenvalue weighted by atomic mass is 9.85. The van der Waals surface area contributed by atoms with Gasteiger partial charge in [0.2, 0.25) is 5.91 Å². The lowest BCUT2D eigenvalue weighted by molar-refractivity contribution is -0.192. The summed E-state index contributed by atoms with van der Waals surface area (Å²) in [7, 11) is 0. The van der Waals surface area contributed by atoms with Gasteiger partial charge >= 0.3 is 12.1 Å². The van der Waals surface area contributed by atoms with E-state index in [0.717, 1.165) is 10.8 Å². The van der Waals surface area contributed by atoms with Gasteiger partial charge < -0.3 is 25.5 Å². The van der Waals surface area contributed by atoms with Crippen LogP contribution in [0.3, 0.4) is 0 Å². The predicted molar refractivity (Wildman–Crippen MR) is 144 cm³/mol. The van der Waals surface area contributed by atoms with Crippen LogP contribution in [0.2, 0.25) is 0 Å². The van der Waals surface area contributed by atoms with Gasteiger partial charge in [0.25, 0.3) is 11.8 Å². The van der Waals surface area contributed by atoms with Crippen molar-refractivity contribution in [2.75, 3.05) is 32.8 Å². The highest BCUT2D eigenvalue weighted by Gasteiger charge is 2.52. The maximum absolute atomic E-state index is 13.1. The van der Waals surface area contributed by atoms with E-state index in [1.165, 1.54) is 0 Å². The van der Waals surface area contributed by atoms with Crippen molar-refractivity contribution < 1.29 is 37.5 Å². The molecule has 9 nitrogen and oxygen atoms in total. The molecule has 216 valence electrons. The number of aliphatic carboxylic acids is 1. The number of carbonyl (C=O) groups is 4. The van der Waals surface area contributed by atoms with Crippen LogP contribution in [0.1, 0.15) is 33.6 Å². The van der Waals surface area contributed by atoms with Gasteiger partial charge in [-0.05, 0) is 47.9 Å². The number of hydrogen-bond acceptors (Lipinski definition) is 5. The van der Waals surface area contributed by atoms with Gasteiger partial charge in [-0.3, -0.25) is 14.4 Å². The number of piperidine rings is 1. The van der Waals surface area contributed by atoms with Crippen molar-refractivity contribution in [1.29, 1.82) is 0 Å². The number of amides is 3. The normalized spacial score (nSPS) is 16.6. The summed E-state index contributed by atoms with van der Waals surface area (Å²) in [6.45, 7) is 2.85. The fourth-order valence-corrected chi connectivity index (χ4v) is 5.00. The molecule has 3 aromatic carbocycles. The van der Waals surface area contributed by atoms with Crippen LogP contribution in [0.5, 0.6) is 0 Å². The minimum atomic E-state index is -5.08. The Morgan fingerprint density at radius 3 is 2.15 bits per heavy atom. The van der Waals surface area contributed by atoms with E-state index >= 15 is 0 Å². The van der Waals surface area contributed by atoms with Gasteiger partial charge in [0, 0.05) is 37.3 Å². The highest BCUT2D eigenvalue weighted by molar-refractivity contribution is 6.01. The topological polar surface area (TPSA) is 119 Å². The molecule has 1 spiro atoms. The van der Waals surface area contributed by atoms with E-state index < -0.39 is 17.7 Å². The van der Waals surface area contributed by atoms with Gasteiger partial charge in [-0.1, -0.05) is 48.5 Å². The average Bonchev–Trinajstić information content (AvgIpc) is 3.28. The molecular formula is C29H29F3N4O5. The Morgan fingerprint density at radius 1 is 0.902 bits per heavy atom. The van der Waals surface area contributed by atoms with Gasteiger partial charge in [-0.2, -0.15) is 13.2 Å². The Balaban J connectivity index is 0.000000493. The average molecular weight is 571 g/mol. The van der Waals surface area contributed by atoms with Crippen molar-refractivity contribution in [1.82, 2.24) is 20.4 Å². The molecule has 0 atom stereocenters. The Hall–Kier alpha value is -4.45. The van der Waals surface area contributed by atoms with Crippen LogP contribution in [-0.2, 0) is 9.59 Å². The number of benzene rings is 3. The molecular weight excluding hydrogens is 541 g/mol. The van der Waals surface area contributed by atoms with Crippen LogP contribution in [-0.4, -0.2) is 83.2 Å². The first-order valence-electron chi connectivity index (χ1n) is 13.0. The molecule has 2 fully saturated rings. The number of nitrogens with zero attached hydrogens (tertiary/aromatic N) is 2. The van der Waals surface area contributed by atoms with Gasteiger partial charge in [0.15, 0.2) is 0 Å². The first kappa shape index (κ1) is 29.5. The molecule has 3 N–H and O–H groups in total. The number of carbonyl (C=O) groups excluding carboxylic acids is 3. The second-order valence-corrected chi connectivity index (χ2v) is 9.76. The molecule has 0 saturated carbocycles.